The Balaban J connectivity index is 1.70. The predicted octanol–water partition coefficient (Wildman–Crippen LogP) is 0.144. The molecule has 7 nitrogen and oxygen atoms in total. The summed E-state index contributed by atoms with van der Waals surface area (Å²) in [6.07, 6.45) is 2.35. The van der Waals surface area contributed by atoms with Crippen LogP contribution >= 0.6 is 0 Å². The molecule has 3 aliphatic heterocycles. The van der Waals surface area contributed by atoms with E-state index in [9.17, 15) is 14.7 Å². The number of carbonyl (C=O) groups is 2. The van der Waals surface area contributed by atoms with Gasteiger partial charge in [-0.2, -0.15) is 0 Å². The highest BCUT2D eigenvalue weighted by Crippen LogP contribution is 2.29. The number of aliphatic carboxylic acids is 1. The van der Waals surface area contributed by atoms with E-state index in [0.29, 0.717) is 26.1 Å². The molecule has 0 saturated carbocycles. The molecule has 0 aromatic rings. The van der Waals surface area contributed by atoms with Crippen molar-refractivity contribution in [2.75, 3.05) is 26.7 Å². The number of rotatable bonds is 2. The van der Waals surface area contributed by atoms with Crippen LogP contribution in [0.15, 0.2) is 0 Å². The third-order valence-electron chi connectivity index (χ3n) is 4.44. The van der Waals surface area contributed by atoms with E-state index in [0.717, 1.165) is 12.8 Å². The highest BCUT2D eigenvalue weighted by Gasteiger charge is 2.44. The molecule has 3 rings (SSSR count). The van der Waals surface area contributed by atoms with E-state index in [1.807, 2.05) is 0 Å². The topological polar surface area (TPSA) is 79.3 Å². The van der Waals surface area contributed by atoms with Crippen LogP contribution in [0.3, 0.4) is 0 Å². The summed E-state index contributed by atoms with van der Waals surface area (Å²) in [6, 6.07) is -0.981. The molecular weight excluding hydrogens is 264 g/mol. The van der Waals surface area contributed by atoms with Crippen molar-refractivity contribution in [3.05, 3.63) is 0 Å². The van der Waals surface area contributed by atoms with Gasteiger partial charge in [0.25, 0.3) is 0 Å². The van der Waals surface area contributed by atoms with Crippen molar-refractivity contribution >= 4 is 12.0 Å². The van der Waals surface area contributed by atoms with Gasteiger partial charge in [0.05, 0.1) is 18.3 Å². The van der Waals surface area contributed by atoms with Gasteiger partial charge in [0.2, 0.25) is 0 Å². The molecule has 0 aromatic heterocycles. The number of morpholine rings is 1. The molecule has 0 aliphatic carbocycles. The van der Waals surface area contributed by atoms with Gasteiger partial charge in [0, 0.05) is 33.2 Å². The number of amides is 2. The number of methoxy groups -OCH3 is 1. The van der Waals surface area contributed by atoms with Gasteiger partial charge >= 0.3 is 12.0 Å². The average Bonchev–Trinajstić information content (AvgIpc) is 3.01. The third-order valence-corrected chi connectivity index (χ3v) is 4.44. The molecule has 2 amide bonds. The van der Waals surface area contributed by atoms with E-state index < -0.39 is 12.0 Å². The molecule has 3 aliphatic rings. The Morgan fingerprint density at radius 3 is 2.40 bits per heavy atom. The number of carboxylic acid groups (broad SMARTS) is 1. The van der Waals surface area contributed by atoms with Gasteiger partial charge in [-0.3, -0.25) is 0 Å². The van der Waals surface area contributed by atoms with Crippen LogP contribution in [0.1, 0.15) is 19.3 Å². The fraction of sp³-hybridized carbons (Fsp3) is 0.846. The molecule has 4 atom stereocenters. The number of nitrogens with zero attached hydrogens (tertiary/aromatic N) is 2. The average molecular weight is 284 g/mol. The maximum Gasteiger partial charge on any atom is 0.326 e. The number of carbonyl (C=O) groups excluding carboxylic acids is 1. The lowest BCUT2D eigenvalue weighted by Gasteiger charge is -2.35. The maximum absolute atomic E-state index is 12.6. The molecule has 3 saturated heterocycles. The minimum atomic E-state index is -0.964. The Labute approximate surface area is 117 Å². The second-order valence-electron chi connectivity index (χ2n) is 5.74. The summed E-state index contributed by atoms with van der Waals surface area (Å²) in [5, 5.41) is 9.27. The van der Waals surface area contributed by atoms with Crippen molar-refractivity contribution in [2.24, 2.45) is 0 Å². The zero-order chi connectivity index (χ0) is 14.3. The van der Waals surface area contributed by atoms with Gasteiger partial charge in [-0.15, -0.1) is 0 Å². The first-order valence-electron chi connectivity index (χ1n) is 7.05. The maximum atomic E-state index is 12.6. The van der Waals surface area contributed by atoms with Gasteiger partial charge in [-0.25, -0.2) is 9.59 Å². The van der Waals surface area contributed by atoms with E-state index >= 15 is 0 Å². The second-order valence-corrected chi connectivity index (χ2v) is 5.74. The van der Waals surface area contributed by atoms with Crippen molar-refractivity contribution in [1.29, 1.82) is 0 Å². The Bertz CT molecular complexity index is 404. The molecule has 0 aromatic carbocycles. The van der Waals surface area contributed by atoms with E-state index in [1.165, 1.54) is 4.90 Å². The number of hydrogen-bond donors (Lipinski definition) is 1. The first kappa shape index (κ1) is 13.6. The standard InChI is InChI=1S/C13H20N2O5/c1-19-10-4-11(12(16)17)15(7-10)13(18)14-5-8-2-3-9(6-14)20-8/h8-11H,2-7H2,1H3,(H,16,17). The molecule has 0 radical (unpaired) electrons. The summed E-state index contributed by atoms with van der Waals surface area (Å²) in [5.74, 6) is -0.964. The smallest absolute Gasteiger partial charge is 0.326 e. The predicted molar refractivity (Wildman–Crippen MR) is 68.4 cm³/mol. The summed E-state index contributed by atoms with van der Waals surface area (Å²) in [6.45, 7) is 1.48. The van der Waals surface area contributed by atoms with Gasteiger partial charge in [0.15, 0.2) is 0 Å². The minimum Gasteiger partial charge on any atom is -0.480 e. The van der Waals surface area contributed by atoms with Crippen molar-refractivity contribution < 1.29 is 24.2 Å². The zero-order valence-corrected chi connectivity index (χ0v) is 11.5. The second kappa shape index (κ2) is 5.21. The van der Waals surface area contributed by atoms with Gasteiger partial charge in [-0.1, -0.05) is 0 Å². The van der Waals surface area contributed by atoms with Crippen LogP contribution in [-0.2, 0) is 14.3 Å². The summed E-state index contributed by atoms with van der Waals surface area (Å²) in [5.41, 5.74) is 0. The lowest BCUT2D eigenvalue weighted by Crippen LogP contribution is -2.53. The van der Waals surface area contributed by atoms with Crippen molar-refractivity contribution in [3.8, 4) is 0 Å². The number of urea groups is 1. The minimum absolute atomic E-state index is 0.113. The number of ether oxygens (including phenoxy) is 2. The Kier molecular flexibility index (Phi) is 3.55. The van der Waals surface area contributed by atoms with E-state index in [4.69, 9.17) is 9.47 Å². The summed E-state index contributed by atoms with van der Waals surface area (Å²) >= 11 is 0. The number of likely N-dealkylation sites (tertiary alicyclic amines) is 2. The summed E-state index contributed by atoms with van der Waals surface area (Å²) in [7, 11) is 1.55. The SMILES string of the molecule is COC1CC(C(=O)O)N(C(=O)N2CC3CCC(C2)O3)C1. The molecule has 3 heterocycles. The molecule has 112 valence electrons. The van der Waals surface area contributed by atoms with E-state index in [-0.39, 0.29) is 24.3 Å². The van der Waals surface area contributed by atoms with Crippen LogP contribution in [0.2, 0.25) is 0 Å². The molecule has 1 N–H and O–H groups in total. The number of fused-ring (bicyclic) bond motifs is 2. The normalized spacial score (nSPS) is 36.5. The molecule has 3 fully saturated rings. The molecular formula is C13H20N2O5. The highest BCUT2D eigenvalue weighted by molar-refractivity contribution is 5.83. The molecule has 7 heteroatoms. The van der Waals surface area contributed by atoms with Gasteiger partial charge in [-0.05, 0) is 12.8 Å². The first-order chi connectivity index (χ1) is 9.58. The van der Waals surface area contributed by atoms with Crippen LogP contribution in [0, 0.1) is 0 Å². The van der Waals surface area contributed by atoms with E-state index in [1.54, 1.807) is 12.0 Å². The largest absolute Gasteiger partial charge is 0.480 e. The summed E-state index contributed by atoms with van der Waals surface area (Å²) in [4.78, 5) is 27.0. The van der Waals surface area contributed by atoms with Gasteiger partial charge < -0.3 is 24.4 Å². The lowest BCUT2D eigenvalue weighted by molar-refractivity contribution is -0.141. The van der Waals surface area contributed by atoms with Crippen molar-refractivity contribution in [3.63, 3.8) is 0 Å². The van der Waals surface area contributed by atoms with Crippen molar-refractivity contribution in [2.45, 2.75) is 43.6 Å². The van der Waals surface area contributed by atoms with E-state index in [2.05, 4.69) is 0 Å². The van der Waals surface area contributed by atoms with Crippen LogP contribution in [0.5, 0.6) is 0 Å². The number of carboxylic acids is 1. The Morgan fingerprint density at radius 1 is 1.20 bits per heavy atom. The highest BCUT2D eigenvalue weighted by atomic mass is 16.5. The van der Waals surface area contributed by atoms with Crippen LogP contribution in [-0.4, -0.2) is 78.0 Å². The summed E-state index contributed by atoms with van der Waals surface area (Å²) < 4.78 is 10.9. The Hall–Kier alpha value is -1.34. The van der Waals surface area contributed by atoms with Crippen molar-refractivity contribution in [1.82, 2.24) is 9.80 Å². The lowest BCUT2D eigenvalue weighted by atomic mass is 10.2. The molecule has 4 unspecified atom stereocenters. The van der Waals surface area contributed by atoms with Crippen LogP contribution in [0.25, 0.3) is 0 Å². The molecule has 0 spiro atoms. The number of hydrogen-bond acceptors (Lipinski definition) is 4. The quantitative estimate of drug-likeness (QED) is 0.780. The molecule has 20 heavy (non-hydrogen) atoms. The fourth-order valence-electron chi connectivity index (χ4n) is 3.37. The monoisotopic (exact) mass is 284 g/mol. The zero-order valence-electron chi connectivity index (χ0n) is 11.5. The van der Waals surface area contributed by atoms with Crippen LogP contribution < -0.4 is 0 Å². The van der Waals surface area contributed by atoms with Crippen LogP contribution in [0.4, 0.5) is 4.79 Å². The fourth-order valence-corrected chi connectivity index (χ4v) is 3.37. The first-order valence-corrected chi connectivity index (χ1v) is 7.05. The van der Waals surface area contributed by atoms with Gasteiger partial charge in [0.1, 0.15) is 6.04 Å². The third kappa shape index (κ3) is 2.35. The Morgan fingerprint density at radius 2 is 1.85 bits per heavy atom. The molecule has 2 bridgehead atoms.